The largest absolute Gasteiger partial charge is 0.497 e. The van der Waals surface area contributed by atoms with Gasteiger partial charge in [-0.1, -0.05) is 18.2 Å². The maximum absolute atomic E-state index is 11.6. The van der Waals surface area contributed by atoms with Crippen LogP contribution in [-0.4, -0.2) is 22.8 Å². The van der Waals surface area contributed by atoms with Gasteiger partial charge in [-0.15, -0.1) is 0 Å². The number of aromatic nitrogens is 1. The minimum atomic E-state index is -0.929. The van der Waals surface area contributed by atoms with Crippen LogP contribution in [0.3, 0.4) is 0 Å². The Morgan fingerprint density at radius 2 is 2.00 bits per heavy atom. The molecule has 5 heteroatoms. The smallest absolute Gasteiger partial charge is 0.336 e. The third-order valence-electron chi connectivity index (χ3n) is 4.34. The van der Waals surface area contributed by atoms with E-state index in [9.17, 15) is 9.90 Å². The SMILES string of the molecule is COc1ccc2c(c1)N[C@@H](c1ccccc1C(=O)O)c1cccn1-2. The number of anilines is 1. The van der Waals surface area contributed by atoms with E-state index in [-0.39, 0.29) is 6.04 Å². The lowest BCUT2D eigenvalue weighted by molar-refractivity contribution is 0.0695. The van der Waals surface area contributed by atoms with Crippen LogP contribution in [0, 0.1) is 0 Å². The second kappa shape index (κ2) is 5.45. The molecular formula is C19H16N2O3. The molecule has 2 aromatic carbocycles. The fourth-order valence-corrected chi connectivity index (χ4v) is 3.23. The van der Waals surface area contributed by atoms with E-state index >= 15 is 0 Å². The zero-order valence-corrected chi connectivity index (χ0v) is 13.1. The van der Waals surface area contributed by atoms with Crippen molar-refractivity contribution in [3.8, 4) is 11.4 Å². The molecule has 1 aromatic heterocycles. The lowest BCUT2D eigenvalue weighted by Crippen LogP contribution is -2.23. The van der Waals surface area contributed by atoms with Gasteiger partial charge in [0.2, 0.25) is 0 Å². The molecule has 1 aliphatic heterocycles. The summed E-state index contributed by atoms with van der Waals surface area (Å²) in [4.78, 5) is 11.6. The zero-order chi connectivity index (χ0) is 16.7. The number of nitrogens with one attached hydrogen (secondary N) is 1. The summed E-state index contributed by atoms with van der Waals surface area (Å²) in [5.41, 5.74) is 3.96. The van der Waals surface area contributed by atoms with Crippen LogP contribution in [0.4, 0.5) is 5.69 Å². The van der Waals surface area contributed by atoms with Crippen LogP contribution in [0.2, 0.25) is 0 Å². The van der Waals surface area contributed by atoms with Crippen LogP contribution in [0.15, 0.2) is 60.8 Å². The molecule has 0 radical (unpaired) electrons. The average Bonchev–Trinajstić information content (AvgIpc) is 3.10. The van der Waals surface area contributed by atoms with Crippen LogP contribution in [0.1, 0.15) is 27.7 Å². The highest BCUT2D eigenvalue weighted by atomic mass is 16.5. The number of aromatic carboxylic acids is 1. The number of ether oxygens (including phenoxy) is 1. The normalized spacial score (nSPS) is 15.1. The number of methoxy groups -OCH3 is 1. The number of hydrogen-bond acceptors (Lipinski definition) is 3. The Morgan fingerprint density at radius 1 is 1.17 bits per heavy atom. The lowest BCUT2D eigenvalue weighted by Gasteiger charge is -2.30. The van der Waals surface area contributed by atoms with E-state index in [0.29, 0.717) is 5.56 Å². The highest BCUT2D eigenvalue weighted by molar-refractivity contribution is 5.90. The molecule has 0 aliphatic carbocycles. The first kappa shape index (κ1) is 14.4. The van der Waals surface area contributed by atoms with E-state index in [2.05, 4.69) is 9.88 Å². The summed E-state index contributed by atoms with van der Waals surface area (Å²) in [6.07, 6.45) is 1.98. The monoisotopic (exact) mass is 320 g/mol. The maximum Gasteiger partial charge on any atom is 0.336 e. The molecule has 0 unspecified atom stereocenters. The van der Waals surface area contributed by atoms with Gasteiger partial charge in [0.25, 0.3) is 0 Å². The molecule has 0 saturated heterocycles. The minimum absolute atomic E-state index is 0.244. The first-order valence-electron chi connectivity index (χ1n) is 7.63. The Morgan fingerprint density at radius 3 is 2.79 bits per heavy atom. The van der Waals surface area contributed by atoms with Crippen molar-refractivity contribution in [2.24, 2.45) is 0 Å². The minimum Gasteiger partial charge on any atom is -0.497 e. The molecule has 3 aromatic rings. The molecular weight excluding hydrogens is 304 g/mol. The molecule has 4 rings (SSSR count). The van der Waals surface area contributed by atoms with Crippen LogP contribution in [0.5, 0.6) is 5.75 Å². The van der Waals surface area contributed by atoms with Crippen LogP contribution >= 0.6 is 0 Å². The Labute approximate surface area is 139 Å². The van der Waals surface area contributed by atoms with Crippen molar-refractivity contribution in [2.75, 3.05) is 12.4 Å². The van der Waals surface area contributed by atoms with Gasteiger partial charge in [-0.3, -0.25) is 0 Å². The Kier molecular flexibility index (Phi) is 3.27. The van der Waals surface area contributed by atoms with Crippen molar-refractivity contribution in [3.63, 3.8) is 0 Å². The summed E-state index contributed by atoms with van der Waals surface area (Å²) in [5, 5.41) is 13.0. The fraction of sp³-hybridized carbons (Fsp3) is 0.105. The maximum atomic E-state index is 11.6. The number of rotatable bonds is 3. The van der Waals surface area contributed by atoms with Crippen LogP contribution < -0.4 is 10.1 Å². The van der Waals surface area contributed by atoms with Gasteiger partial charge < -0.3 is 19.7 Å². The van der Waals surface area contributed by atoms with E-state index in [1.807, 2.05) is 48.7 Å². The van der Waals surface area contributed by atoms with Crippen molar-refractivity contribution >= 4 is 11.7 Å². The van der Waals surface area contributed by atoms with Gasteiger partial charge in [0.15, 0.2) is 0 Å². The summed E-state index contributed by atoms with van der Waals surface area (Å²) in [5.74, 6) is -0.177. The summed E-state index contributed by atoms with van der Waals surface area (Å²) in [6.45, 7) is 0. The molecule has 0 amide bonds. The van der Waals surface area contributed by atoms with E-state index < -0.39 is 5.97 Å². The van der Waals surface area contributed by atoms with Crippen molar-refractivity contribution in [3.05, 3.63) is 77.6 Å². The quantitative estimate of drug-likeness (QED) is 0.772. The first-order valence-corrected chi connectivity index (χ1v) is 7.63. The summed E-state index contributed by atoms with van der Waals surface area (Å²) in [7, 11) is 1.63. The highest BCUT2D eigenvalue weighted by Gasteiger charge is 2.28. The molecule has 5 nitrogen and oxygen atoms in total. The number of carboxylic acid groups (broad SMARTS) is 1. The van der Waals surface area contributed by atoms with E-state index in [1.54, 1.807) is 19.2 Å². The highest BCUT2D eigenvalue weighted by Crippen LogP contribution is 2.39. The van der Waals surface area contributed by atoms with Gasteiger partial charge in [-0.2, -0.15) is 0 Å². The standard InChI is InChI=1S/C19H16N2O3/c1-24-12-8-9-16-15(11-12)20-18(17-7-4-10-21(16)17)13-5-2-3-6-14(13)19(22)23/h2-11,18,20H,1H3,(H,22,23)/t18-/m0/s1. The molecule has 0 spiro atoms. The first-order chi connectivity index (χ1) is 11.7. The van der Waals surface area contributed by atoms with Gasteiger partial charge in [0.1, 0.15) is 5.75 Å². The van der Waals surface area contributed by atoms with Crippen LogP contribution in [-0.2, 0) is 0 Å². The summed E-state index contributed by atoms with van der Waals surface area (Å²) >= 11 is 0. The molecule has 2 N–H and O–H groups in total. The second-order valence-corrected chi connectivity index (χ2v) is 5.66. The molecule has 0 fully saturated rings. The molecule has 0 saturated carbocycles. The Bertz CT molecular complexity index is 930. The average molecular weight is 320 g/mol. The number of carboxylic acids is 1. The predicted molar refractivity (Wildman–Crippen MR) is 91.2 cm³/mol. The fourth-order valence-electron chi connectivity index (χ4n) is 3.23. The molecule has 2 heterocycles. The van der Waals surface area contributed by atoms with Crippen molar-refractivity contribution in [1.82, 2.24) is 4.57 Å². The van der Waals surface area contributed by atoms with Gasteiger partial charge >= 0.3 is 5.97 Å². The number of fused-ring (bicyclic) bond motifs is 3. The molecule has 120 valence electrons. The van der Waals surface area contributed by atoms with E-state index in [1.165, 1.54) is 0 Å². The summed E-state index contributed by atoms with van der Waals surface area (Å²) < 4.78 is 7.39. The third kappa shape index (κ3) is 2.13. The second-order valence-electron chi connectivity index (χ2n) is 5.66. The third-order valence-corrected chi connectivity index (χ3v) is 4.34. The van der Waals surface area contributed by atoms with E-state index in [0.717, 1.165) is 28.4 Å². The molecule has 1 aliphatic rings. The number of carbonyl (C=O) groups is 1. The molecule has 0 bridgehead atoms. The lowest BCUT2D eigenvalue weighted by atomic mass is 9.95. The van der Waals surface area contributed by atoms with Gasteiger partial charge in [0.05, 0.1) is 30.1 Å². The topological polar surface area (TPSA) is 63.5 Å². The summed E-state index contributed by atoms with van der Waals surface area (Å²) in [6, 6.07) is 16.6. The molecule has 1 atom stereocenters. The number of benzene rings is 2. The molecule has 24 heavy (non-hydrogen) atoms. The van der Waals surface area contributed by atoms with Gasteiger partial charge in [-0.25, -0.2) is 4.79 Å². The van der Waals surface area contributed by atoms with Gasteiger partial charge in [0, 0.05) is 18.0 Å². The zero-order valence-electron chi connectivity index (χ0n) is 13.1. The van der Waals surface area contributed by atoms with Crippen LogP contribution in [0.25, 0.3) is 5.69 Å². The predicted octanol–water partition coefficient (Wildman–Crippen LogP) is 3.70. The Hall–Kier alpha value is -3.21. The van der Waals surface area contributed by atoms with Gasteiger partial charge in [-0.05, 0) is 35.9 Å². The van der Waals surface area contributed by atoms with Crippen molar-refractivity contribution in [1.29, 1.82) is 0 Å². The Balaban J connectivity index is 1.89. The van der Waals surface area contributed by atoms with E-state index in [4.69, 9.17) is 4.74 Å². The number of hydrogen-bond donors (Lipinski definition) is 2. The van der Waals surface area contributed by atoms with Crippen molar-refractivity contribution < 1.29 is 14.6 Å². The number of nitrogens with zero attached hydrogens (tertiary/aromatic N) is 1. The van der Waals surface area contributed by atoms with Crippen molar-refractivity contribution in [2.45, 2.75) is 6.04 Å².